The quantitative estimate of drug-likeness (QED) is 0.488. The highest BCUT2D eigenvalue weighted by atomic mass is 35.5. The Morgan fingerprint density at radius 3 is 2.48 bits per heavy atom. The summed E-state index contributed by atoms with van der Waals surface area (Å²) in [7, 11) is 0. The van der Waals surface area contributed by atoms with Gasteiger partial charge >= 0.3 is 0 Å². The number of halogens is 1. The molecule has 1 saturated heterocycles. The summed E-state index contributed by atoms with van der Waals surface area (Å²) in [5.74, 6) is -0.461. The van der Waals surface area contributed by atoms with Crippen LogP contribution < -0.4 is 5.73 Å². The van der Waals surface area contributed by atoms with Gasteiger partial charge in [-0.2, -0.15) is 0 Å². The first-order valence-electron chi connectivity index (χ1n) is 7.66. The summed E-state index contributed by atoms with van der Waals surface area (Å²) in [6.07, 6.45) is 3.45. The minimum atomic E-state index is -0.241. The number of benzene rings is 1. The zero-order chi connectivity index (χ0) is 15.5. The lowest BCUT2D eigenvalue weighted by Gasteiger charge is -2.14. The molecule has 0 spiro atoms. The van der Waals surface area contributed by atoms with Crippen molar-refractivity contribution in [2.45, 2.75) is 32.0 Å². The number of imide groups is 1. The van der Waals surface area contributed by atoms with Gasteiger partial charge in [-0.15, -0.1) is 12.4 Å². The molecule has 2 heterocycles. The van der Waals surface area contributed by atoms with Crippen LogP contribution in [0.4, 0.5) is 5.69 Å². The molecule has 0 atom stereocenters. The maximum atomic E-state index is 12.2. The van der Waals surface area contributed by atoms with E-state index in [-0.39, 0.29) is 30.5 Å². The molecule has 2 aliphatic rings. The van der Waals surface area contributed by atoms with Crippen molar-refractivity contribution in [3.05, 3.63) is 29.3 Å². The van der Waals surface area contributed by atoms with E-state index in [2.05, 4.69) is 0 Å². The molecule has 0 aliphatic carbocycles. The van der Waals surface area contributed by atoms with Gasteiger partial charge in [-0.25, -0.2) is 0 Å². The van der Waals surface area contributed by atoms with Crippen LogP contribution in [-0.4, -0.2) is 42.8 Å². The number of fused-ring (bicyclic) bond motifs is 1. The molecule has 6 nitrogen and oxygen atoms in total. The Hall–Kier alpha value is -1.63. The van der Waals surface area contributed by atoms with Crippen LogP contribution in [0.25, 0.3) is 0 Å². The maximum Gasteiger partial charge on any atom is 0.261 e. The number of hydrogen-bond donors (Lipinski definition) is 1. The second-order valence-electron chi connectivity index (χ2n) is 5.59. The highest BCUT2D eigenvalue weighted by Crippen LogP contribution is 2.25. The Morgan fingerprint density at radius 2 is 1.74 bits per heavy atom. The maximum absolute atomic E-state index is 12.2. The normalized spacial score (nSPS) is 17.5. The van der Waals surface area contributed by atoms with Crippen LogP contribution >= 0.6 is 12.4 Å². The number of carbonyl (C=O) groups is 2. The van der Waals surface area contributed by atoms with E-state index in [1.54, 1.807) is 18.2 Å². The zero-order valence-electron chi connectivity index (χ0n) is 12.8. The van der Waals surface area contributed by atoms with Gasteiger partial charge in [0.2, 0.25) is 0 Å². The van der Waals surface area contributed by atoms with Crippen LogP contribution in [0.3, 0.4) is 0 Å². The van der Waals surface area contributed by atoms with Crippen LogP contribution in [-0.2, 0) is 9.47 Å². The summed E-state index contributed by atoms with van der Waals surface area (Å²) in [6.45, 7) is 1.78. The van der Waals surface area contributed by atoms with Gasteiger partial charge in [0.15, 0.2) is 6.29 Å². The van der Waals surface area contributed by atoms with E-state index in [0.29, 0.717) is 36.6 Å². The van der Waals surface area contributed by atoms with Gasteiger partial charge in [0, 0.05) is 12.2 Å². The van der Waals surface area contributed by atoms with Gasteiger partial charge in [0.25, 0.3) is 11.8 Å². The molecular formula is C16H21ClN2O4. The Labute approximate surface area is 141 Å². The monoisotopic (exact) mass is 340 g/mol. The van der Waals surface area contributed by atoms with Gasteiger partial charge in [-0.05, 0) is 37.5 Å². The van der Waals surface area contributed by atoms with Crippen molar-refractivity contribution in [2.75, 3.05) is 25.5 Å². The molecular weight excluding hydrogens is 320 g/mol. The van der Waals surface area contributed by atoms with Crippen LogP contribution in [0, 0.1) is 0 Å². The number of rotatable bonds is 6. The van der Waals surface area contributed by atoms with E-state index in [1.165, 1.54) is 4.90 Å². The number of nitrogens with two attached hydrogens (primary N) is 1. The fourth-order valence-corrected chi connectivity index (χ4v) is 2.84. The number of nitrogens with zero attached hydrogens (tertiary/aromatic N) is 1. The lowest BCUT2D eigenvalue weighted by Crippen LogP contribution is -2.30. The van der Waals surface area contributed by atoms with Crippen LogP contribution in [0.15, 0.2) is 18.2 Å². The van der Waals surface area contributed by atoms with E-state index in [1.807, 2.05) is 0 Å². The average molecular weight is 341 g/mol. The molecule has 2 N–H and O–H groups in total. The van der Waals surface area contributed by atoms with Crippen molar-refractivity contribution in [2.24, 2.45) is 0 Å². The number of hydrogen-bond acceptors (Lipinski definition) is 5. The molecule has 7 heteroatoms. The molecule has 2 amide bonds. The van der Waals surface area contributed by atoms with Crippen molar-refractivity contribution in [1.29, 1.82) is 0 Å². The Kier molecular flexibility index (Phi) is 5.98. The van der Waals surface area contributed by atoms with E-state index < -0.39 is 0 Å². The number of ether oxygens (including phenoxy) is 2. The summed E-state index contributed by atoms with van der Waals surface area (Å²) in [5, 5.41) is 0. The SMILES string of the molecule is Cl.Nc1ccc2c(c1)C(=O)N(CCCCCC1OCCO1)C2=O. The van der Waals surface area contributed by atoms with Gasteiger partial charge in [0.05, 0.1) is 24.3 Å². The van der Waals surface area contributed by atoms with E-state index >= 15 is 0 Å². The molecule has 1 fully saturated rings. The first kappa shape index (κ1) is 17.7. The third-order valence-corrected chi connectivity index (χ3v) is 4.01. The molecule has 23 heavy (non-hydrogen) atoms. The topological polar surface area (TPSA) is 81.9 Å². The zero-order valence-corrected chi connectivity index (χ0v) is 13.6. The number of anilines is 1. The summed E-state index contributed by atoms with van der Waals surface area (Å²) in [4.78, 5) is 25.8. The van der Waals surface area contributed by atoms with Crippen LogP contribution in [0.1, 0.15) is 46.4 Å². The molecule has 126 valence electrons. The van der Waals surface area contributed by atoms with Crippen LogP contribution in [0.5, 0.6) is 0 Å². The number of amides is 2. The third-order valence-electron chi connectivity index (χ3n) is 4.01. The minimum Gasteiger partial charge on any atom is -0.399 e. The Bertz CT molecular complexity index is 587. The smallest absolute Gasteiger partial charge is 0.261 e. The molecule has 1 aromatic carbocycles. The lowest BCUT2D eigenvalue weighted by molar-refractivity contribution is -0.0480. The standard InChI is InChI=1S/C16H20N2O4.ClH/c17-11-5-6-12-13(10-11)16(20)18(15(12)19)7-3-1-2-4-14-21-8-9-22-14;/h5-6,10,14H,1-4,7-9,17H2;1H. The minimum absolute atomic E-state index is 0. The van der Waals surface area contributed by atoms with Crippen molar-refractivity contribution in [3.8, 4) is 0 Å². The highest BCUT2D eigenvalue weighted by molar-refractivity contribution is 6.21. The van der Waals surface area contributed by atoms with Crippen molar-refractivity contribution in [3.63, 3.8) is 0 Å². The highest BCUT2D eigenvalue weighted by Gasteiger charge is 2.34. The number of nitrogen functional groups attached to an aromatic ring is 1. The largest absolute Gasteiger partial charge is 0.399 e. The second kappa shape index (κ2) is 7.77. The van der Waals surface area contributed by atoms with E-state index in [4.69, 9.17) is 15.2 Å². The fraction of sp³-hybridized carbons (Fsp3) is 0.500. The number of unbranched alkanes of at least 4 members (excludes halogenated alkanes) is 2. The predicted octanol–water partition coefficient (Wildman–Crippen LogP) is 2.22. The van der Waals surface area contributed by atoms with Gasteiger partial charge in [0.1, 0.15) is 0 Å². The summed E-state index contributed by atoms with van der Waals surface area (Å²) in [5.41, 5.74) is 7.04. The van der Waals surface area contributed by atoms with E-state index in [0.717, 1.165) is 25.7 Å². The van der Waals surface area contributed by atoms with Crippen molar-refractivity contribution >= 4 is 29.9 Å². The molecule has 3 rings (SSSR count). The Morgan fingerprint density at radius 1 is 1.04 bits per heavy atom. The molecule has 0 bridgehead atoms. The third kappa shape index (κ3) is 3.83. The first-order chi connectivity index (χ1) is 10.7. The van der Waals surface area contributed by atoms with E-state index in [9.17, 15) is 9.59 Å². The molecule has 0 aromatic heterocycles. The molecule has 2 aliphatic heterocycles. The predicted molar refractivity (Wildman–Crippen MR) is 87.6 cm³/mol. The molecule has 0 saturated carbocycles. The fourth-order valence-electron chi connectivity index (χ4n) is 2.84. The van der Waals surface area contributed by atoms with Gasteiger partial charge < -0.3 is 15.2 Å². The average Bonchev–Trinajstić information content (AvgIpc) is 3.09. The van der Waals surface area contributed by atoms with Gasteiger partial charge in [-0.3, -0.25) is 14.5 Å². The lowest BCUT2D eigenvalue weighted by atomic mass is 10.1. The second-order valence-corrected chi connectivity index (χ2v) is 5.59. The number of carbonyl (C=O) groups excluding carboxylic acids is 2. The van der Waals surface area contributed by atoms with Gasteiger partial charge in [-0.1, -0.05) is 6.42 Å². The Balaban J connectivity index is 0.00000192. The molecule has 1 aromatic rings. The van der Waals surface area contributed by atoms with Crippen LogP contribution in [0.2, 0.25) is 0 Å². The first-order valence-corrected chi connectivity index (χ1v) is 7.66. The molecule has 0 radical (unpaired) electrons. The molecule has 0 unspecified atom stereocenters. The summed E-state index contributed by atoms with van der Waals surface area (Å²) < 4.78 is 10.7. The van der Waals surface area contributed by atoms with Crippen molar-refractivity contribution in [1.82, 2.24) is 4.90 Å². The van der Waals surface area contributed by atoms with Crippen molar-refractivity contribution < 1.29 is 19.1 Å². The summed E-state index contributed by atoms with van der Waals surface area (Å²) >= 11 is 0. The summed E-state index contributed by atoms with van der Waals surface area (Å²) in [6, 6.07) is 4.85.